The molecule has 1 N–H and O–H groups in total. The summed E-state index contributed by atoms with van der Waals surface area (Å²) in [6.45, 7) is 3.90. The Morgan fingerprint density at radius 1 is 1.00 bits per heavy atom. The number of benzene rings is 2. The molecule has 7 heteroatoms. The zero-order valence-electron chi connectivity index (χ0n) is 16.9. The number of nitrogens with zero attached hydrogens (tertiary/aromatic N) is 2. The molecule has 0 spiro atoms. The number of rotatable bonds is 6. The zero-order valence-corrected chi connectivity index (χ0v) is 16.9. The third-order valence-corrected chi connectivity index (χ3v) is 5.08. The fraction of sp³-hybridized carbons (Fsp3) is 0.364. The zero-order chi connectivity index (χ0) is 20.6. The largest absolute Gasteiger partial charge is 0.496 e. The number of amides is 2. The van der Waals surface area contributed by atoms with Gasteiger partial charge in [0.1, 0.15) is 5.75 Å². The van der Waals surface area contributed by atoms with Gasteiger partial charge in [-0.25, -0.2) is 9.59 Å². The van der Waals surface area contributed by atoms with Crippen LogP contribution in [0.25, 0.3) is 0 Å². The molecule has 0 radical (unpaired) electrons. The van der Waals surface area contributed by atoms with Crippen molar-refractivity contribution in [1.82, 2.24) is 9.80 Å². The van der Waals surface area contributed by atoms with Gasteiger partial charge in [0.25, 0.3) is 0 Å². The van der Waals surface area contributed by atoms with E-state index in [4.69, 9.17) is 9.47 Å². The average Bonchev–Trinajstić information content (AvgIpc) is 2.77. The number of piperazine rings is 1. The van der Waals surface area contributed by atoms with Gasteiger partial charge in [0.2, 0.25) is 0 Å². The van der Waals surface area contributed by atoms with Crippen LogP contribution in [-0.4, -0.2) is 68.7 Å². The molecule has 0 atom stereocenters. The summed E-state index contributed by atoms with van der Waals surface area (Å²) >= 11 is 0. The Bertz CT molecular complexity index is 847. The molecule has 1 heterocycles. The third kappa shape index (κ3) is 5.48. The van der Waals surface area contributed by atoms with E-state index < -0.39 is 5.97 Å². The van der Waals surface area contributed by atoms with Crippen LogP contribution in [0.15, 0.2) is 48.5 Å². The lowest BCUT2D eigenvalue weighted by atomic mass is 10.1. The number of ether oxygens (including phenoxy) is 2. The van der Waals surface area contributed by atoms with Crippen LogP contribution in [0.5, 0.6) is 5.75 Å². The van der Waals surface area contributed by atoms with E-state index in [9.17, 15) is 9.59 Å². The van der Waals surface area contributed by atoms with Gasteiger partial charge in [0, 0.05) is 38.4 Å². The van der Waals surface area contributed by atoms with E-state index >= 15 is 0 Å². The van der Waals surface area contributed by atoms with Crippen LogP contribution in [0.4, 0.5) is 10.5 Å². The molecule has 0 unspecified atom stereocenters. The van der Waals surface area contributed by atoms with Crippen LogP contribution in [-0.2, 0) is 11.2 Å². The summed E-state index contributed by atoms with van der Waals surface area (Å²) in [4.78, 5) is 28.3. The lowest BCUT2D eigenvalue weighted by Crippen LogP contribution is -2.50. The highest BCUT2D eigenvalue weighted by Crippen LogP contribution is 2.18. The monoisotopic (exact) mass is 397 g/mol. The Morgan fingerprint density at radius 3 is 2.48 bits per heavy atom. The first-order valence-corrected chi connectivity index (χ1v) is 9.69. The first-order valence-electron chi connectivity index (χ1n) is 9.69. The third-order valence-electron chi connectivity index (χ3n) is 5.08. The minimum absolute atomic E-state index is 0.156. The van der Waals surface area contributed by atoms with Gasteiger partial charge >= 0.3 is 12.0 Å². The summed E-state index contributed by atoms with van der Waals surface area (Å²) in [5.41, 5.74) is 2.18. The Hall–Kier alpha value is -3.06. The first-order chi connectivity index (χ1) is 14.1. The normalized spacial score (nSPS) is 14.3. The van der Waals surface area contributed by atoms with Crippen molar-refractivity contribution in [2.24, 2.45) is 0 Å². The van der Waals surface area contributed by atoms with Gasteiger partial charge in [-0.1, -0.05) is 24.3 Å². The number of carbonyl (C=O) groups is 2. The average molecular weight is 397 g/mol. The molecule has 0 saturated carbocycles. The van der Waals surface area contributed by atoms with Crippen molar-refractivity contribution in [2.75, 3.05) is 52.3 Å². The maximum absolute atomic E-state index is 12.6. The summed E-state index contributed by atoms with van der Waals surface area (Å²) in [5, 5.41) is 2.86. The predicted molar refractivity (Wildman–Crippen MR) is 112 cm³/mol. The minimum atomic E-state index is -0.426. The topological polar surface area (TPSA) is 71.1 Å². The number of esters is 1. The molecule has 0 aromatic heterocycles. The van der Waals surface area contributed by atoms with Crippen LogP contribution in [0.3, 0.4) is 0 Å². The number of para-hydroxylation sites is 1. The maximum Gasteiger partial charge on any atom is 0.337 e. The SMILES string of the molecule is COC(=O)c1cccc(NC(=O)N2CCN(CCc3ccccc3OC)CC2)c1. The molecule has 2 aromatic carbocycles. The molecule has 7 nitrogen and oxygen atoms in total. The molecule has 1 aliphatic rings. The Labute approximate surface area is 171 Å². The fourth-order valence-corrected chi connectivity index (χ4v) is 3.41. The first kappa shape index (κ1) is 20.7. The van der Waals surface area contributed by atoms with Crippen molar-refractivity contribution in [3.8, 4) is 5.75 Å². The van der Waals surface area contributed by atoms with Gasteiger partial charge in [-0.15, -0.1) is 0 Å². The molecule has 0 aliphatic carbocycles. The number of methoxy groups -OCH3 is 2. The molecule has 2 amide bonds. The summed E-state index contributed by atoms with van der Waals surface area (Å²) in [6.07, 6.45) is 0.913. The minimum Gasteiger partial charge on any atom is -0.496 e. The van der Waals surface area contributed by atoms with E-state index in [2.05, 4.69) is 16.3 Å². The van der Waals surface area contributed by atoms with Gasteiger partial charge in [-0.2, -0.15) is 0 Å². The van der Waals surface area contributed by atoms with Crippen molar-refractivity contribution in [3.05, 3.63) is 59.7 Å². The van der Waals surface area contributed by atoms with Crippen LogP contribution in [0, 0.1) is 0 Å². The van der Waals surface area contributed by atoms with Crippen LogP contribution in [0.2, 0.25) is 0 Å². The molecule has 154 valence electrons. The quantitative estimate of drug-likeness (QED) is 0.759. The van der Waals surface area contributed by atoms with Crippen molar-refractivity contribution in [3.63, 3.8) is 0 Å². The van der Waals surface area contributed by atoms with Gasteiger partial charge in [0.05, 0.1) is 19.8 Å². The number of hydrogen-bond donors (Lipinski definition) is 1. The number of urea groups is 1. The van der Waals surface area contributed by atoms with E-state index in [1.807, 2.05) is 18.2 Å². The van der Waals surface area contributed by atoms with E-state index in [-0.39, 0.29) is 6.03 Å². The van der Waals surface area contributed by atoms with Crippen LogP contribution in [0.1, 0.15) is 15.9 Å². The number of nitrogens with one attached hydrogen (secondary N) is 1. The van der Waals surface area contributed by atoms with Crippen molar-refractivity contribution in [2.45, 2.75) is 6.42 Å². The van der Waals surface area contributed by atoms with Crippen LogP contribution >= 0.6 is 0 Å². The molecule has 2 aromatic rings. The maximum atomic E-state index is 12.6. The lowest BCUT2D eigenvalue weighted by molar-refractivity contribution is 0.0600. The fourth-order valence-electron chi connectivity index (χ4n) is 3.41. The molecule has 1 fully saturated rings. The summed E-state index contributed by atoms with van der Waals surface area (Å²) in [6, 6.07) is 14.7. The van der Waals surface area contributed by atoms with Gasteiger partial charge in [0.15, 0.2) is 0 Å². The summed E-state index contributed by atoms with van der Waals surface area (Å²) in [7, 11) is 3.03. The molecule has 1 aliphatic heterocycles. The summed E-state index contributed by atoms with van der Waals surface area (Å²) < 4.78 is 10.1. The second-order valence-electron chi connectivity index (χ2n) is 6.89. The lowest BCUT2D eigenvalue weighted by Gasteiger charge is -2.34. The molecular weight excluding hydrogens is 370 g/mol. The van der Waals surface area contributed by atoms with E-state index in [1.165, 1.54) is 12.7 Å². The standard InChI is InChI=1S/C22H27N3O4/c1-28-20-9-4-3-6-17(20)10-11-24-12-14-25(15-13-24)22(27)23-19-8-5-7-18(16-19)21(26)29-2/h3-9,16H,10-15H2,1-2H3,(H,23,27). The van der Waals surface area contributed by atoms with Gasteiger partial charge in [-0.05, 0) is 36.2 Å². The highest BCUT2D eigenvalue weighted by atomic mass is 16.5. The molecule has 0 bridgehead atoms. The van der Waals surface area contributed by atoms with Crippen molar-refractivity contribution >= 4 is 17.7 Å². The molecule has 3 rings (SSSR count). The van der Waals surface area contributed by atoms with Crippen LogP contribution < -0.4 is 10.1 Å². The van der Waals surface area contributed by atoms with Gasteiger partial charge in [-0.3, -0.25) is 4.90 Å². The molecular formula is C22H27N3O4. The highest BCUT2D eigenvalue weighted by molar-refractivity contribution is 5.93. The number of hydrogen-bond acceptors (Lipinski definition) is 5. The van der Waals surface area contributed by atoms with Gasteiger partial charge < -0.3 is 19.7 Å². The van der Waals surface area contributed by atoms with E-state index in [0.29, 0.717) is 24.3 Å². The molecule has 1 saturated heterocycles. The van der Waals surface area contributed by atoms with Crippen molar-refractivity contribution < 1.29 is 19.1 Å². The summed E-state index contributed by atoms with van der Waals surface area (Å²) in [5.74, 6) is 0.490. The van der Waals surface area contributed by atoms with E-state index in [0.717, 1.165) is 31.8 Å². The number of carbonyl (C=O) groups excluding carboxylic acids is 2. The Kier molecular flexibility index (Phi) is 7.08. The second kappa shape index (κ2) is 9.93. The number of anilines is 1. The van der Waals surface area contributed by atoms with Crippen molar-refractivity contribution in [1.29, 1.82) is 0 Å². The predicted octanol–water partition coefficient (Wildman–Crippen LogP) is 2.87. The Morgan fingerprint density at radius 2 is 1.76 bits per heavy atom. The van der Waals surface area contributed by atoms with E-state index in [1.54, 1.807) is 36.3 Å². The smallest absolute Gasteiger partial charge is 0.337 e. The second-order valence-corrected chi connectivity index (χ2v) is 6.89. The highest BCUT2D eigenvalue weighted by Gasteiger charge is 2.21. The Balaban J connectivity index is 1.48. The molecule has 29 heavy (non-hydrogen) atoms.